The van der Waals surface area contributed by atoms with E-state index in [1.54, 1.807) is 7.11 Å². The molecule has 0 saturated carbocycles. The second kappa shape index (κ2) is 8.56. The number of nitrogens with two attached hydrogens (primary N) is 1. The molecule has 1 aromatic heterocycles. The first-order valence-corrected chi connectivity index (χ1v) is 7.13. The highest BCUT2D eigenvalue weighted by molar-refractivity contribution is 5.87. The molecule has 0 bridgehead atoms. The number of ether oxygens (including phenoxy) is 3. The number of fused-ring (bicyclic) bond motifs is 1. The zero-order valence-corrected chi connectivity index (χ0v) is 12.4. The van der Waals surface area contributed by atoms with Crippen LogP contribution < -0.4 is 10.5 Å². The van der Waals surface area contributed by atoms with Gasteiger partial charge in [-0.3, -0.25) is 0 Å². The molecule has 2 rings (SSSR count). The summed E-state index contributed by atoms with van der Waals surface area (Å²) >= 11 is 0. The summed E-state index contributed by atoms with van der Waals surface area (Å²) in [5.41, 5.74) is 6.50. The zero-order valence-electron chi connectivity index (χ0n) is 12.4. The minimum atomic E-state index is 0.398. The predicted octanol–water partition coefficient (Wildman–Crippen LogP) is 2.13. The average Bonchev–Trinajstić information content (AvgIpc) is 2.53. The third kappa shape index (κ3) is 4.67. The molecule has 114 valence electrons. The van der Waals surface area contributed by atoms with Crippen LogP contribution in [0.15, 0.2) is 30.3 Å². The van der Waals surface area contributed by atoms with Gasteiger partial charge in [0.1, 0.15) is 6.61 Å². The van der Waals surface area contributed by atoms with Gasteiger partial charge >= 0.3 is 0 Å². The highest BCUT2D eigenvalue weighted by Gasteiger charge is 2.06. The fourth-order valence-electron chi connectivity index (χ4n) is 2.04. The number of nitrogens with zero attached hydrogens (tertiary/aromatic N) is 1. The molecule has 0 atom stereocenters. The van der Waals surface area contributed by atoms with Crippen LogP contribution in [-0.4, -0.2) is 38.5 Å². The first kappa shape index (κ1) is 15.7. The van der Waals surface area contributed by atoms with Gasteiger partial charge in [0.25, 0.3) is 0 Å². The van der Waals surface area contributed by atoms with Crippen LogP contribution in [0.2, 0.25) is 0 Å². The number of methoxy groups -OCH3 is 1. The van der Waals surface area contributed by atoms with Gasteiger partial charge in [-0.05, 0) is 23.9 Å². The second-order valence-corrected chi connectivity index (χ2v) is 4.65. The first-order valence-electron chi connectivity index (χ1n) is 7.13. The van der Waals surface area contributed by atoms with Gasteiger partial charge in [0.05, 0.1) is 12.3 Å². The Labute approximate surface area is 125 Å². The molecule has 2 aromatic rings. The van der Waals surface area contributed by atoms with Gasteiger partial charge in [-0.2, -0.15) is 0 Å². The summed E-state index contributed by atoms with van der Waals surface area (Å²) < 4.78 is 16.2. The molecule has 0 aliphatic carbocycles. The van der Waals surface area contributed by atoms with Crippen LogP contribution in [0, 0.1) is 0 Å². The van der Waals surface area contributed by atoms with Gasteiger partial charge in [0.15, 0.2) is 0 Å². The maximum absolute atomic E-state index is 5.75. The molecule has 0 fully saturated rings. The van der Waals surface area contributed by atoms with Gasteiger partial charge in [-0.15, -0.1) is 0 Å². The molecule has 0 saturated heterocycles. The smallest absolute Gasteiger partial charge is 0.221 e. The van der Waals surface area contributed by atoms with E-state index in [0.717, 1.165) is 22.9 Å². The Morgan fingerprint density at radius 3 is 2.76 bits per heavy atom. The highest BCUT2D eigenvalue weighted by Crippen LogP contribution is 2.24. The lowest BCUT2D eigenvalue weighted by Gasteiger charge is -2.10. The topological polar surface area (TPSA) is 66.6 Å². The summed E-state index contributed by atoms with van der Waals surface area (Å²) in [6, 6.07) is 9.98. The molecule has 1 heterocycles. The minimum Gasteiger partial charge on any atom is -0.475 e. The number of aromatic nitrogens is 1. The van der Waals surface area contributed by atoms with Crippen molar-refractivity contribution in [3.05, 3.63) is 36.0 Å². The van der Waals surface area contributed by atoms with Crippen LogP contribution in [0.3, 0.4) is 0 Å². The summed E-state index contributed by atoms with van der Waals surface area (Å²) in [6.07, 6.45) is 0.889. The van der Waals surface area contributed by atoms with E-state index in [1.807, 2.05) is 30.3 Å². The molecule has 21 heavy (non-hydrogen) atoms. The number of hydrogen-bond acceptors (Lipinski definition) is 5. The Hall–Kier alpha value is -1.69. The molecule has 0 spiro atoms. The molecule has 2 N–H and O–H groups in total. The maximum Gasteiger partial charge on any atom is 0.221 e. The summed E-state index contributed by atoms with van der Waals surface area (Å²) in [6.45, 7) is 2.79. The number of hydrogen-bond donors (Lipinski definition) is 1. The first-order chi connectivity index (χ1) is 10.3. The SMILES string of the molecule is COCCCOCCOc1nc(CN)cc2ccccc12. The van der Waals surface area contributed by atoms with E-state index >= 15 is 0 Å². The standard InChI is InChI=1S/C16H22N2O3/c1-19-7-4-8-20-9-10-21-16-15-6-3-2-5-13(15)11-14(12-17)18-16/h2-3,5-6,11H,4,7-10,12,17H2,1H3. The van der Waals surface area contributed by atoms with Crippen molar-refractivity contribution in [1.82, 2.24) is 4.98 Å². The Kier molecular flexibility index (Phi) is 6.40. The van der Waals surface area contributed by atoms with Gasteiger partial charge in [0, 0.05) is 32.3 Å². The second-order valence-electron chi connectivity index (χ2n) is 4.65. The van der Waals surface area contributed by atoms with Gasteiger partial charge in [-0.1, -0.05) is 18.2 Å². The van der Waals surface area contributed by atoms with Crippen molar-refractivity contribution >= 4 is 10.8 Å². The summed E-state index contributed by atoms with van der Waals surface area (Å²) in [5, 5.41) is 2.08. The van der Waals surface area contributed by atoms with Crippen molar-refractivity contribution < 1.29 is 14.2 Å². The van der Waals surface area contributed by atoms with Crippen molar-refractivity contribution in [1.29, 1.82) is 0 Å². The van der Waals surface area contributed by atoms with Crippen LogP contribution in [-0.2, 0) is 16.0 Å². The third-order valence-electron chi connectivity index (χ3n) is 3.07. The van der Waals surface area contributed by atoms with Crippen LogP contribution >= 0.6 is 0 Å². The van der Waals surface area contributed by atoms with E-state index < -0.39 is 0 Å². The molecule has 0 unspecified atom stereocenters. The van der Waals surface area contributed by atoms with Crippen LogP contribution in [0.5, 0.6) is 5.88 Å². The third-order valence-corrected chi connectivity index (χ3v) is 3.07. The van der Waals surface area contributed by atoms with Crippen molar-refractivity contribution in [2.24, 2.45) is 5.73 Å². The summed E-state index contributed by atoms with van der Waals surface area (Å²) in [7, 11) is 1.68. The maximum atomic E-state index is 5.75. The van der Waals surface area contributed by atoms with E-state index in [9.17, 15) is 0 Å². The molecule has 0 amide bonds. The minimum absolute atomic E-state index is 0.398. The average molecular weight is 290 g/mol. The van der Waals surface area contributed by atoms with E-state index in [0.29, 0.717) is 38.9 Å². The Morgan fingerprint density at radius 2 is 1.95 bits per heavy atom. The molecule has 0 aliphatic rings. The Balaban J connectivity index is 1.91. The molecular weight excluding hydrogens is 268 g/mol. The van der Waals surface area contributed by atoms with Gasteiger partial charge < -0.3 is 19.9 Å². The fraction of sp³-hybridized carbons (Fsp3) is 0.438. The lowest BCUT2D eigenvalue weighted by molar-refractivity contribution is 0.0799. The number of rotatable bonds is 9. The monoisotopic (exact) mass is 290 g/mol. The van der Waals surface area contributed by atoms with Crippen LogP contribution in [0.4, 0.5) is 0 Å². The quantitative estimate of drug-likeness (QED) is 0.717. The molecule has 5 heteroatoms. The van der Waals surface area contributed by atoms with E-state index in [2.05, 4.69) is 4.98 Å². The number of pyridine rings is 1. The largest absolute Gasteiger partial charge is 0.475 e. The predicted molar refractivity (Wildman–Crippen MR) is 82.4 cm³/mol. The van der Waals surface area contributed by atoms with Crippen molar-refractivity contribution in [2.45, 2.75) is 13.0 Å². The molecular formula is C16H22N2O3. The summed E-state index contributed by atoms with van der Waals surface area (Å²) in [4.78, 5) is 4.44. The van der Waals surface area contributed by atoms with Crippen molar-refractivity contribution in [2.75, 3.05) is 33.5 Å². The highest BCUT2D eigenvalue weighted by atomic mass is 16.5. The number of benzene rings is 1. The fourth-order valence-corrected chi connectivity index (χ4v) is 2.04. The Bertz CT molecular complexity index is 560. The molecule has 0 radical (unpaired) electrons. The Morgan fingerprint density at radius 1 is 1.10 bits per heavy atom. The lowest BCUT2D eigenvalue weighted by atomic mass is 10.1. The van der Waals surface area contributed by atoms with E-state index in [-0.39, 0.29) is 0 Å². The van der Waals surface area contributed by atoms with Crippen molar-refractivity contribution in [3.63, 3.8) is 0 Å². The van der Waals surface area contributed by atoms with Crippen LogP contribution in [0.1, 0.15) is 12.1 Å². The van der Waals surface area contributed by atoms with Crippen LogP contribution in [0.25, 0.3) is 10.8 Å². The molecule has 5 nitrogen and oxygen atoms in total. The summed E-state index contributed by atoms with van der Waals surface area (Å²) in [5.74, 6) is 0.619. The lowest BCUT2D eigenvalue weighted by Crippen LogP contribution is -2.10. The normalized spacial score (nSPS) is 11.0. The van der Waals surface area contributed by atoms with E-state index in [4.69, 9.17) is 19.9 Å². The molecule has 0 aliphatic heterocycles. The van der Waals surface area contributed by atoms with E-state index in [1.165, 1.54) is 0 Å². The van der Waals surface area contributed by atoms with Gasteiger partial charge in [-0.25, -0.2) is 4.98 Å². The van der Waals surface area contributed by atoms with Gasteiger partial charge in [0.2, 0.25) is 5.88 Å². The zero-order chi connectivity index (χ0) is 14.9. The van der Waals surface area contributed by atoms with Crippen molar-refractivity contribution in [3.8, 4) is 5.88 Å². The molecule has 1 aromatic carbocycles.